The minimum Gasteiger partial charge on any atom is -0.356 e. The molecule has 0 fully saturated rings. The maximum absolute atomic E-state index is 13.1. The molecule has 1 aromatic heterocycles. The van der Waals surface area contributed by atoms with E-state index < -0.39 is 0 Å². The van der Waals surface area contributed by atoms with Gasteiger partial charge in [0.2, 0.25) is 0 Å². The van der Waals surface area contributed by atoms with Crippen molar-refractivity contribution in [3.8, 4) is 0 Å². The van der Waals surface area contributed by atoms with E-state index in [2.05, 4.69) is 20.7 Å². The predicted molar refractivity (Wildman–Crippen MR) is 81.4 cm³/mol. The van der Waals surface area contributed by atoms with Crippen LogP contribution in [0.25, 0.3) is 0 Å². The van der Waals surface area contributed by atoms with Crippen LogP contribution in [-0.4, -0.2) is 29.3 Å². The number of halogens is 1. The number of guanidine groups is 1. The molecular formula is C15H20FN5. The summed E-state index contributed by atoms with van der Waals surface area (Å²) >= 11 is 0. The summed E-state index contributed by atoms with van der Waals surface area (Å²) in [5.74, 6) is 0.483. The SMILES string of the molecule is CN=C(NCCCn1cccn1)NCc1cccc(F)c1. The van der Waals surface area contributed by atoms with Crippen LogP contribution >= 0.6 is 0 Å². The van der Waals surface area contributed by atoms with Crippen LogP contribution in [-0.2, 0) is 13.1 Å². The fraction of sp³-hybridized carbons (Fsp3) is 0.333. The zero-order chi connectivity index (χ0) is 14.9. The molecule has 112 valence electrons. The van der Waals surface area contributed by atoms with Gasteiger partial charge in [0.1, 0.15) is 5.82 Å². The van der Waals surface area contributed by atoms with Crippen molar-refractivity contribution in [3.63, 3.8) is 0 Å². The van der Waals surface area contributed by atoms with Crippen LogP contribution in [0, 0.1) is 5.82 Å². The van der Waals surface area contributed by atoms with Gasteiger partial charge in [-0.2, -0.15) is 5.10 Å². The van der Waals surface area contributed by atoms with Gasteiger partial charge in [-0.3, -0.25) is 9.67 Å². The Balaban J connectivity index is 1.68. The van der Waals surface area contributed by atoms with Gasteiger partial charge in [0.05, 0.1) is 0 Å². The monoisotopic (exact) mass is 289 g/mol. The van der Waals surface area contributed by atoms with Crippen molar-refractivity contribution >= 4 is 5.96 Å². The quantitative estimate of drug-likeness (QED) is 0.484. The Kier molecular flexibility index (Phi) is 5.75. The normalized spacial score (nSPS) is 11.4. The maximum Gasteiger partial charge on any atom is 0.191 e. The number of rotatable bonds is 6. The molecule has 0 atom stereocenters. The Hall–Kier alpha value is -2.37. The Labute approximate surface area is 123 Å². The number of hydrogen-bond donors (Lipinski definition) is 2. The highest BCUT2D eigenvalue weighted by Gasteiger charge is 1.99. The van der Waals surface area contributed by atoms with Gasteiger partial charge in [0, 0.05) is 39.1 Å². The highest BCUT2D eigenvalue weighted by Crippen LogP contribution is 2.02. The first-order valence-electron chi connectivity index (χ1n) is 6.94. The number of benzene rings is 1. The first-order chi connectivity index (χ1) is 10.3. The lowest BCUT2D eigenvalue weighted by atomic mass is 10.2. The molecule has 6 heteroatoms. The summed E-state index contributed by atoms with van der Waals surface area (Å²) in [6.45, 7) is 2.19. The molecule has 0 radical (unpaired) electrons. The van der Waals surface area contributed by atoms with Gasteiger partial charge in [-0.15, -0.1) is 0 Å². The number of nitrogens with one attached hydrogen (secondary N) is 2. The molecule has 2 N–H and O–H groups in total. The largest absolute Gasteiger partial charge is 0.356 e. The fourth-order valence-corrected chi connectivity index (χ4v) is 1.93. The smallest absolute Gasteiger partial charge is 0.191 e. The highest BCUT2D eigenvalue weighted by molar-refractivity contribution is 5.79. The molecule has 0 saturated heterocycles. The molecule has 0 spiro atoms. The van der Waals surface area contributed by atoms with E-state index in [1.807, 2.05) is 23.0 Å². The number of aryl methyl sites for hydroxylation is 1. The van der Waals surface area contributed by atoms with Crippen molar-refractivity contribution in [1.29, 1.82) is 0 Å². The lowest BCUT2D eigenvalue weighted by Crippen LogP contribution is -2.37. The maximum atomic E-state index is 13.1. The predicted octanol–water partition coefficient (Wildman–Crippen LogP) is 1.78. The van der Waals surface area contributed by atoms with Gasteiger partial charge in [-0.05, 0) is 30.2 Å². The zero-order valence-electron chi connectivity index (χ0n) is 12.1. The average Bonchev–Trinajstić information content (AvgIpc) is 3.00. The Bertz CT molecular complexity index is 565. The third-order valence-electron chi connectivity index (χ3n) is 2.99. The number of aromatic nitrogens is 2. The van der Waals surface area contributed by atoms with E-state index in [1.54, 1.807) is 19.3 Å². The fourth-order valence-electron chi connectivity index (χ4n) is 1.93. The standard InChI is InChI=1S/C15H20FN5/c1-17-15(18-7-3-9-21-10-4-8-20-21)19-12-13-5-2-6-14(16)11-13/h2,4-6,8,10-11H,3,7,9,12H2,1H3,(H2,17,18,19). The van der Waals surface area contributed by atoms with E-state index in [1.165, 1.54) is 12.1 Å². The number of aliphatic imine (C=N–C) groups is 1. The number of hydrogen-bond acceptors (Lipinski definition) is 2. The minimum absolute atomic E-state index is 0.225. The summed E-state index contributed by atoms with van der Waals surface area (Å²) in [6, 6.07) is 8.43. The summed E-state index contributed by atoms with van der Waals surface area (Å²) in [4.78, 5) is 4.14. The molecule has 1 aromatic carbocycles. The van der Waals surface area contributed by atoms with Crippen LogP contribution in [0.2, 0.25) is 0 Å². The summed E-state index contributed by atoms with van der Waals surface area (Å²) < 4.78 is 15.0. The van der Waals surface area contributed by atoms with Gasteiger partial charge in [0.15, 0.2) is 5.96 Å². The van der Waals surface area contributed by atoms with E-state index in [4.69, 9.17) is 0 Å². The highest BCUT2D eigenvalue weighted by atomic mass is 19.1. The van der Waals surface area contributed by atoms with Crippen molar-refractivity contribution in [2.45, 2.75) is 19.5 Å². The second-order valence-corrected chi connectivity index (χ2v) is 4.61. The lowest BCUT2D eigenvalue weighted by Gasteiger charge is -2.12. The van der Waals surface area contributed by atoms with Crippen LogP contribution in [0.1, 0.15) is 12.0 Å². The van der Waals surface area contributed by atoms with Crippen LogP contribution in [0.15, 0.2) is 47.7 Å². The molecule has 2 aromatic rings. The van der Waals surface area contributed by atoms with Gasteiger partial charge in [-0.1, -0.05) is 12.1 Å². The molecule has 0 aliphatic carbocycles. The second-order valence-electron chi connectivity index (χ2n) is 4.61. The van der Waals surface area contributed by atoms with Crippen molar-refractivity contribution in [3.05, 3.63) is 54.1 Å². The number of nitrogens with zero attached hydrogens (tertiary/aromatic N) is 3. The third kappa shape index (κ3) is 5.25. The summed E-state index contributed by atoms with van der Waals surface area (Å²) in [6.07, 6.45) is 4.66. The van der Waals surface area contributed by atoms with E-state index in [0.717, 1.165) is 25.1 Å². The van der Waals surface area contributed by atoms with E-state index >= 15 is 0 Å². The summed E-state index contributed by atoms with van der Waals surface area (Å²) in [7, 11) is 1.72. The molecule has 0 unspecified atom stereocenters. The molecule has 0 aliphatic heterocycles. The van der Waals surface area contributed by atoms with Gasteiger partial charge < -0.3 is 10.6 Å². The molecule has 5 nitrogen and oxygen atoms in total. The average molecular weight is 289 g/mol. The van der Waals surface area contributed by atoms with E-state index in [0.29, 0.717) is 12.5 Å². The molecule has 0 aliphatic rings. The molecule has 0 amide bonds. The zero-order valence-corrected chi connectivity index (χ0v) is 12.1. The minimum atomic E-state index is -0.225. The topological polar surface area (TPSA) is 54.2 Å². The van der Waals surface area contributed by atoms with Crippen molar-refractivity contribution in [2.24, 2.45) is 4.99 Å². The van der Waals surface area contributed by atoms with Gasteiger partial charge >= 0.3 is 0 Å². The van der Waals surface area contributed by atoms with Crippen molar-refractivity contribution < 1.29 is 4.39 Å². The summed E-state index contributed by atoms with van der Waals surface area (Å²) in [5, 5.41) is 10.5. The third-order valence-corrected chi connectivity index (χ3v) is 2.99. The van der Waals surface area contributed by atoms with Gasteiger partial charge in [-0.25, -0.2) is 4.39 Å². The lowest BCUT2D eigenvalue weighted by molar-refractivity contribution is 0.570. The molecule has 2 rings (SSSR count). The Morgan fingerprint density at radius 3 is 2.95 bits per heavy atom. The second kappa shape index (κ2) is 8.04. The molecule has 1 heterocycles. The van der Waals surface area contributed by atoms with E-state index in [9.17, 15) is 4.39 Å². The first-order valence-corrected chi connectivity index (χ1v) is 6.94. The van der Waals surface area contributed by atoms with Gasteiger partial charge in [0.25, 0.3) is 0 Å². The Morgan fingerprint density at radius 1 is 1.33 bits per heavy atom. The molecule has 21 heavy (non-hydrogen) atoms. The van der Waals surface area contributed by atoms with Crippen LogP contribution in [0.4, 0.5) is 4.39 Å². The van der Waals surface area contributed by atoms with Crippen LogP contribution in [0.3, 0.4) is 0 Å². The molecule has 0 bridgehead atoms. The molecular weight excluding hydrogens is 269 g/mol. The van der Waals surface area contributed by atoms with E-state index in [-0.39, 0.29) is 5.82 Å². The Morgan fingerprint density at radius 2 is 2.24 bits per heavy atom. The molecule has 0 saturated carbocycles. The van der Waals surface area contributed by atoms with Crippen molar-refractivity contribution in [2.75, 3.05) is 13.6 Å². The summed E-state index contributed by atoms with van der Waals surface area (Å²) in [5.41, 5.74) is 0.884. The van der Waals surface area contributed by atoms with Crippen molar-refractivity contribution in [1.82, 2.24) is 20.4 Å². The first kappa shape index (κ1) is 15.0. The van der Waals surface area contributed by atoms with Crippen LogP contribution < -0.4 is 10.6 Å². The van der Waals surface area contributed by atoms with Crippen LogP contribution in [0.5, 0.6) is 0 Å².